The van der Waals surface area contributed by atoms with Gasteiger partial charge in [-0.2, -0.15) is 4.98 Å². The van der Waals surface area contributed by atoms with Gasteiger partial charge >= 0.3 is 0 Å². The molecule has 0 unspecified atom stereocenters. The van der Waals surface area contributed by atoms with Gasteiger partial charge in [-0.1, -0.05) is 0 Å². The number of aryl methyl sites for hydroxylation is 1. The lowest BCUT2D eigenvalue weighted by atomic mass is 10.3. The van der Waals surface area contributed by atoms with E-state index in [2.05, 4.69) is 25.3 Å². The normalized spacial score (nSPS) is 11.2. The Morgan fingerprint density at radius 3 is 2.62 bits per heavy atom. The van der Waals surface area contributed by atoms with E-state index in [4.69, 9.17) is 4.74 Å². The molecule has 0 bridgehead atoms. The number of sulfonamides is 1. The first-order valence-corrected chi connectivity index (χ1v) is 9.50. The lowest BCUT2D eigenvalue weighted by molar-refractivity contribution is 0.400. The molecule has 0 aliphatic heterocycles. The van der Waals surface area contributed by atoms with Gasteiger partial charge in [-0.25, -0.2) is 22.5 Å². The van der Waals surface area contributed by atoms with Crippen molar-refractivity contribution in [2.45, 2.75) is 18.7 Å². The first kappa shape index (κ1) is 19.9. The van der Waals surface area contributed by atoms with Gasteiger partial charge < -0.3 is 15.4 Å². The van der Waals surface area contributed by atoms with Crippen LogP contribution in [0.15, 0.2) is 29.2 Å². The van der Waals surface area contributed by atoms with E-state index in [0.29, 0.717) is 11.8 Å². The third kappa shape index (κ3) is 5.27. The minimum atomic E-state index is -3.91. The minimum Gasteiger partial charge on any atom is -0.495 e. The molecule has 3 N–H and O–H groups in total. The zero-order valence-electron chi connectivity index (χ0n) is 14.8. The number of benzene rings is 1. The molecule has 1 heterocycles. The fourth-order valence-electron chi connectivity index (χ4n) is 2.22. The molecular weight excluding hydrogens is 361 g/mol. The smallest absolute Gasteiger partial charge is 0.244 e. The Morgan fingerprint density at radius 1 is 1.15 bits per heavy atom. The Hall–Kier alpha value is -2.46. The standard InChI is InChI=1S/C16H22FN5O3S/c1-4-18-15-9-11(2)21-16(22-15)19-7-8-20-26(23,24)14-10-12(17)5-6-13(14)25-3/h5-6,9-10,20H,4,7-8H2,1-3H3,(H2,18,19,21,22). The minimum absolute atomic E-state index is 0.0653. The van der Waals surface area contributed by atoms with Crippen LogP contribution in [0.3, 0.4) is 0 Å². The Kier molecular flexibility index (Phi) is 6.70. The molecule has 0 amide bonds. The number of aromatic nitrogens is 2. The van der Waals surface area contributed by atoms with Crippen molar-refractivity contribution in [2.75, 3.05) is 37.4 Å². The third-order valence-electron chi connectivity index (χ3n) is 3.33. The summed E-state index contributed by atoms with van der Waals surface area (Å²) in [5, 5.41) is 6.04. The molecule has 26 heavy (non-hydrogen) atoms. The van der Waals surface area contributed by atoms with Crippen molar-refractivity contribution in [2.24, 2.45) is 0 Å². The van der Waals surface area contributed by atoms with Gasteiger partial charge in [-0.05, 0) is 32.0 Å². The Labute approximate surface area is 152 Å². The maximum Gasteiger partial charge on any atom is 0.244 e. The van der Waals surface area contributed by atoms with E-state index >= 15 is 0 Å². The maximum absolute atomic E-state index is 13.4. The number of anilines is 2. The van der Waals surface area contributed by atoms with Crippen LogP contribution >= 0.6 is 0 Å². The molecule has 0 aliphatic rings. The molecule has 2 aromatic rings. The van der Waals surface area contributed by atoms with Crippen LogP contribution in [0.1, 0.15) is 12.6 Å². The van der Waals surface area contributed by atoms with E-state index < -0.39 is 15.8 Å². The summed E-state index contributed by atoms with van der Waals surface area (Å²) in [6.07, 6.45) is 0. The SMILES string of the molecule is CCNc1cc(C)nc(NCCNS(=O)(=O)c2cc(F)ccc2OC)n1. The van der Waals surface area contributed by atoms with Gasteiger partial charge in [0, 0.05) is 31.4 Å². The van der Waals surface area contributed by atoms with E-state index in [-0.39, 0.29) is 23.7 Å². The molecule has 142 valence electrons. The molecule has 8 nitrogen and oxygen atoms in total. The molecule has 0 atom stereocenters. The van der Waals surface area contributed by atoms with Gasteiger partial charge in [0.25, 0.3) is 0 Å². The van der Waals surface area contributed by atoms with Crippen molar-refractivity contribution >= 4 is 21.8 Å². The van der Waals surface area contributed by atoms with Crippen LogP contribution in [0, 0.1) is 12.7 Å². The summed E-state index contributed by atoms with van der Waals surface area (Å²) in [5.41, 5.74) is 0.781. The monoisotopic (exact) mass is 383 g/mol. The van der Waals surface area contributed by atoms with Gasteiger partial charge in [0.05, 0.1) is 7.11 Å². The van der Waals surface area contributed by atoms with E-state index in [9.17, 15) is 12.8 Å². The van der Waals surface area contributed by atoms with Crippen molar-refractivity contribution in [1.29, 1.82) is 0 Å². The summed E-state index contributed by atoms with van der Waals surface area (Å²) < 4.78 is 45.4. The van der Waals surface area contributed by atoms with E-state index in [1.165, 1.54) is 13.2 Å². The fourth-order valence-corrected chi connectivity index (χ4v) is 3.43. The fraction of sp³-hybridized carbons (Fsp3) is 0.375. The predicted molar refractivity (Wildman–Crippen MR) is 97.6 cm³/mol. The Morgan fingerprint density at radius 2 is 1.92 bits per heavy atom. The highest BCUT2D eigenvalue weighted by Crippen LogP contribution is 2.24. The molecule has 0 spiro atoms. The average molecular weight is 383 g/mol. The van der Waals surface area contributed by atoms with E-state index in [1.807, 2.05) is 19.9 Å². The predicted octanol–water partition coefficient (Wildman–Crippen LogP) is 1.75. The highest BCUT2D eigenvalue weighted by atomic mass is 32.2. The molecule has 2 rings (SSSR count). The molecule has 0 saturated carbocycles. The average Bonchev–Trinajstić information content (AvgIpc) is 2.58. The van der Waals surface area contributed by atoms with Crippen LogP contribution in [-0.2, 0) is 10.0 Å². The number of hydrogen-bond donors (Lipinski definition) is 3. The third-order valence-corrected chi connectivity index (χ3v) is 4.81. The quantitative estimate of drug-likeness (QED) is 0.567. The zero-order chi connectivity index (χ0) is 19.2. The molecule has 0 radical (unpaired) electrons. The number of rotatable bonds is 9. The number of nitrogens with one attached hydrogen (secondary N) is 3. The van der Waals surface area contributed by atoms with Crippen LogP contribution in [0.5, 0.6) is 5.75 Å². The highest BCUT2D eigenvalue weighted by Gasteiger charge is 2.19. The first-order chi connectivity index (χ1) is 12.4. The molecule has 0 saturated heterocycles. The van der Waals surface area contributed by atoms with Crippen molar-refractivity contribution in [3.05, 3.63) is 35.8 Å². The topological polar surface area (TPSA) is 105 Å². The molecule has 10 heteroatoms. The van der Waals surface area contributed by atoms with Gasteiger partial charge in [0.2, 0.25) is 16.0 Å². The molecule has 1 aromatic heterocycles. The summed E-state index contributed by atoms with van der Waals surface area (Å²) in [6.45, 7) is 4.85. The van der Waals surface area contributed by atoms with Crippen molar-refractivity contribution in [3.63, 3.8) is 0 Å². The first-order valence-electron chi connectivity index (χ1n) is 8.02. The van der Waals surface area contributed by atoms with Gasteiger partial charge in [0.15, 0.2) is 0 Å². The van der Waals surface area contributed by atoms with E-state index in [0.717, 1.165) is 24.4 Å². The van der Waals surface area contributed by atoms with Gasteiger partial charge in [-0.15, -0.1) is 0 Å². The largest absolute Gasteiger partial charge is 0.495 e. The van der Waals surface area contributed by atoms with Gasteiger partial charge in [-0.3, -0.25) is 0 Å². The van der Waals surface area contributed by atoms with Crippen molar-refractivity contribution in [1.82, 2.24) is 14.7 Å². The second-order valence-electron chi connectivity index (χ2n) is 5.37. The van der Waals surface area contributed by atoms with Crippen LogP contribution in [0.25, 0.3) is 0 Å². The zero-order valence-corrected chi connectivity index (χ0v) is 15.7. The number of halogens is 1. The van der Waals surface area contributed by atoms with Crippen LogP contribution < -0.4 is 20.1 Å². The Bertz CT molecular complexity index is 861. The summed E-state index contributed by atoms with van der Waals surface area (Å²) in [5.74, 6) is 0.494. The number of hydrogen-bond acceptors (Lipinski definition) is 7. The van der Waals surface area contributed by atoms with Crippen LogP contribution in [-0.4, -0.2) is 45.1 Å². The Balaban J connectivity index is 1.98. The van der Waals surface area contributed by atoms with Crippen LogP contribution in [0.2, 0.25) is 0 Å². The number of methoxy groups -OCH3 is 1. The summed E-state index contributed by atoms with van der Waals surface area (Å²) >= 11 is 0. The molecule has 0 fully saturated rings. The molecular formula is C16H22FN5O3S. The lowest BCUT2D eigenvalue weighted by Crippen LogP contribution is -2.29. The van der Waals surface area contributed by atoms with Crippen molar-refractivity contribution < 1.29 is 17.5 Å². The second kappa shape index (κ2) is 8.77. The molecule has 1 aromatic carbocycles. The van der Waals surface area contributed by atoms with Gasteiger partial charge in [0.1, 0.15) is 22.3 Å². The van der Waals surface area contributed by atoms with Crippen molar-refractivity contribution in [3.8, 4) is 5.75 Å². The second-order valence-corrected chi connectivity index (χ2v) is 7.10. The summed E-state index contributed by atoms with van der Waals surface area (Å²) in [6, 6.07) is 5.13. The van der Waals surface area contributed by atoms with E-state index in [1.54, 1.807) is 0 Å². The summed E-state index contributed by atoms with van der Waals surface area (Å²) in [4.78, 5) is 8.26. The maximum atomic E-state index is 13.4. The lowest BCUT2D eigenvalue weighted by Gasteiger charge is -2.12. The summed E-state index contributed by atoms with van der Waals surface area (Å²) in [7, 11) is -2.59. The number of nitrogens with zero attached hydrogens (tertiary/aromatic N) is 2. The number of ether oxygens (including phenoxy) is 1. The highest BCUT2D eigenvalue weighted by molar-refractivity contribution is 7.89. The molecule has 0 aliphatic carbocycles. The van der Waals surface area contributed by atoms with Crippen LogP contribution in [0.4, 0.5) is 16.2 Å².